The van der Waals surface area contributed by atoms with Crippen LogP contribution in [0.1, 0.15) is 24.0 Å². The standard InChI is InChI=1S/C23H28N2O4/c1-25(2)12-7-13-28-24-22-17-8-5-6-9-19(17)29-23(15-18(22)23)16-10-11-20(26-3)21(14-16)27-4/h5-6,8-11,14,18H,7,12-13,15H2,1-4H3. The number of benzene rings is 2. The largest absolute Gasteiger partial charge is 0.493 e. The third-order valence-corrected chi connectivity index (χ3v) is 5.57. The van der Waals surface area contributed by atoms with Crippen molar-refractivity contribution in [1.29, 1.82) is 0 Å². The Morgan fingerprint density at radius 3 is 2.66 bits per heavy atom. The van der Waals surface area contributed by atoms with Crippen molar-refractivity contribution < 1.29 is 19.0 Å². The van der Waals surface area contributed by atoms with Crippen LogP contribution in [-0.4, -0.2) is 52.1 Å². The van der Waals surface area contributed by atoms with Gasteiger partial charge >= 0.3 is 0 Å². The second-order valence-corrected chi connectivity index (χ2v) is 7.78. The Hall–Kier alpha value is -2.73. The first-order valence-electron chi connectivity index (χ1n) is 9.94. The van der Waals surface area contributed by atoms with Gasteiger partial charge in [0.2, 0.25) is 0 Å². The first-order chi connectivity index (χ1) is 14.1. The predicted molar refractivity (Wildman–Crippen MR) is 112 cm³/mol. The highest BCUT2D eigenvalue weighted by molar-refractivity contribution is 6.08. The van der Waals surface area contributed by atoms with Crippen molar-refractivity contribution in [2.75, 3.05) is 41.5 Å². The average Bonchev–Trinajstić information content (AvgIpc) is 3.47. The Morgan fingerprint density at radius 2 is 1.90 bits per heavy atom. The molecule has 1 heterocycles. The molecule has 0 N–H and O–H groups in total. The summed E-state index contributed by atoms with van der Waals surface area (Å²) >= 11 is 0. The second kappa shape index (κ2) is 7.95. The average molecular weight is 396 g/mol. The molecule has 1 aliphatic heterocycles. The molecule has 0 bridgehead atoms. The molecule has 6 heteroatoms. The summed E-state index contributed by atoms with van der Waals surface area (Å²) in [6.45, 7) is 1.57. The van der Waals surface area contributed by atoms with E-state index in [9.17, 15) is 0 Å². The molecule has 0 radical (unpaired) electrons. The van der Waals surface area contributed by atoms with Gasteiger partial charge in [-0.25, -0.2) is 0 Å². The molecule has 1 fully saturated rings. The number of rotatable bonds is 8. The lowest BCUT2D eigenvalue weighted by atomic mass is 9.95. The van der Waals surface area contributed by atoms with Gasteiger partial charge in [0.15, 0.2) is 11.5 Å². The number of nitrogens with zero attached hydrogens (tertiary/aromatic N) is 2. The third kappa shape index (κ3) is 3.65. The number of oxime groups is 1. The van der Waals surface area contributed by atoms with Crippen LogP contribution in [0.5, 0.6) is 17.2 Å². The topological polar surface area (TPSA) is 52.5 Å². The summed E-state index contributed by atoms with van der Waals surface area (Å²) in [5.74, 6) is 2.40. The van der Waals surface area contributed by atoms with Crippen LogP contribution in [0.15, 0.2) is 47.6 Å². The quantitative estimate of drug-likeness (QED) is 0.503. The van der Waals surface area contributed by atoms with Gasteiger partial charge < -0.3 is 23.9 Å². The summed E-state index contributed by atoms with van der Waals surface area (Å²) in [5, 5.41) is 4.55. The van der Waals surface area contributed by atoms with Crippen molar-refractivity contribution in [2.45, 2.75) is 18.4 Å². The number of para-hydroxylation sites is 1. The lowest BCUT2D eigenvalue weighted by molar-refractivity contribution is 0.129. The van der Waals surface area contributed by atoms with Crippen LogP contribution in [0.3, 0.4) is 0 Å². The van der Waals surface area contributed by atoms with Crippen LogP contribution in [0.2, 0.25) is 0 Å². The maximum absolute atomic E-state index is 6.50. The van der Waals surface area contributed by atoms with Gasteiger partial charge in [-0.1, -0.05) is 23.4 Å². The van der Waals surface area contributed by atoms with Crippen LogP contribution < -0.4 is 14.2 Å². The highest BCUT2D eigenvalue weighted by Gasteiger charge is 2.64. The van der Waals surface area contributed by atoms with E-state index < -0.39 is 5.60 Å². The monoisotopic (exact) mass is 396 g/mol. The summed E-state index contributed by atoms with van der Waals surface area (Å²) in [7, 11) is 7.40. The molecule has 2 aliphatic rings. The van der Waals surface area contributed by atoms with Gasteiger partial charge in [0.05, 0.1) is 25.8 Å². The van der Waals surface area contributed by atoms with E-state index >= 15 is 0 Å². The first-order valence-corrected chi connectivity index (χ1v) is 9.94. The van der Waals surface area contributed by atoms with Crippen LogP contribution in [0, 0.1) is 5.92 Å². The van der Waals surface area contributed by atoms with E-state index in [2.05, 4.69) is 24.2 Å². The van der Waals surface area contributed by atoms with E-state index in [0.717, 1.165) is 42.0 Å². The van der Waals surface area contributed by atoms with E-state index in [4.69, 9.17) is 19.0 Å². The molecule has 0 amide bonds. The zero-order chi connectivity index (χ0) is 20.4. The number of methoxy groups -OCH3 is 2. The predicted octanol–water partition coefficient (Wildman–Crippen LogP) is 3.68. The van der Waals surface area contributed by atoms with E-state index in [1.807, 2.05) is 42.5 Å². The minimum absolute atomic E-state index is 0.157. The molecule has 0 spiro atoms. The van der Waals surface area contributed by atoms with Crippen LogP contribution >= 0.6 is 0 Å². The molecule has 2 atom stereocenters. The fraction of sp³-hybridized carbons (Fsp3) is 0.435. The molecular formula is C23H28N2O4. The minimum Gasteiger partial charge on any atom is -0.493 e. The highest BCUT2D eigenvalue weighted by Crippen LogP contribution is 2.61. The Morgan fingerprint density at radius 1 is 1.10 bits per heavy atom. The molecule has 29 heavy (non-hydrogen) atoms. The van der Waals surface area contributed by atoms with Gasteiger partial charge in [0.1, 0.15) is 18.0 Å². The van der Waals surface area contributed by atoms with E-state index in [1.54, 1.807) is 14.2 Å². The van der Waals surface area contributed by atoms with E-state index in [1.165, 1.54) is 0 Å². The number of fused-ring (bicyclic) bond motifs is 2. The summed E-state index contributed by atoms with van der Waals surface area (Å²) in [6, 6.07) is 14.0. The number of hydrogen-bond donors (Lipinski definition) is 0. The Balaban J connectivity index is 1.62. The van der Waals surface area contributed by atoms with Crippen molar-refractivity contribution in [3.63, 3.8) is 0 Å². The lowest BCUT2D eigenvalue weighted by Crippen LogP contribution is -2.28. The smallest absolute Gasteiger partial charge is 0.161 e. The summed E-state index contributed by atoms with van der Waals surface area (Å²) in [6.07, 6.45) is 1.80. The molecule has 2 aromatic rings. The summed E-state index contributed by atoms with van der Waals surface area (Å²) < 4.78 is 17.4. The molecule has 1 aliphatic carbocycles. The van der Waals surface area contributed by atoms with Gasteiger partial charge in [0.25, 0.3) is 0 Å². The third-order valence-electron chi connectivity index (χ3n) is 5.57. The van der Waals surface area contributed by atoms with Crippen LogP contribution in [-0.2, 0) is 10.4 Å². The van der Waals surface area contributed by atoms with Crippen molar-refractivity contribution in [3.8, 4) is 17.2 Å². The fourth-order valence-electron chi connectivity index (χ4n) is 3.98. The maximum atomic E-state index is 6.50. The molecular weight excluding hydrogens is 368 g/mol. The summed E-state index contributed by atoms with van der Waals surface area (Å²) in [5.41, 5.74) is 2.61. The zero-order valence-electron chi connectivity index (χ0n) is 17.5. The van der Waals surface area contributed by atoms with Crippen molar-refractivity contribution in [3.05, 3.63) is 53.6 Å². The normalized spacial score (nSPS) is 23.2. The van der Waals surface area contributed by atoms with Crippen molar-refractivity contribution in [2.24, 2.45) is 11.1 Å². The Bertz CT molecular complexity index is 912. The van der Waals surface area contributed by atoms with Gasteiger partial charge in [-0.15, -0.1) is 0 Å². The molecule has 154 valence electrons. The SMILES string of the molecule is COc1ccc(C23CC2C(=NOCCCN(C)C)c2ccccc2O3)cc1OC. The lowest BCUT2D eigenvalue weighted by Gasteiger charge is -2.28. The first kappa shape index (κ1) is 19.6. The Labute approximate surface area is 172 Å². The molecule has 0 aromatic heterocycles. The minimum atomic E-state index is -0.431. The van der Waals surface area contributed by atoms with E-state index in [0.29, 0.717) is 18.1 Å². The fourth-order valence-corrected chi connectivity index (χ4v) is 3.98. The zero-order valence-corrected chi connectivity index (χ0v) is 17.5. The molecule has 0 saturated heterocycles. The maximum Gasteiger partial charge on any atom is 0.161 e. The Kier molecular flexibility index (Phi) is 5.37. The molecule has 6 nitrogen and oxygen atoms in total. The van der Waals surface area contributed by atoms with E-state index in [-0.39, 0.29) is 5.92 Å². The number of hydrogen-bond acceptors (Lipinski definition) is 6. The highest BCUT2D eigenvalue weighted by atomic mass is 16.6. The molecule has 4 rings (SSSR count). The van der Waals surface area contributed by atoms with Gasteiger partial charge in [-0.2, -0.15) is 0 Å². The molecule has 2 aromatic carbocycles. The molecule has 1 saturated carbocycles. The molecule has 2 unspecified atom stereocenters. The van der Waals surface area contributed by atoms with Crippen LogP contribution in [0.25, 0.3) is 0 Å². The van der Waals surface area contributed by atoms with Gasteiger partial charge in [0, 0.05) is 24.1 Å². The van der Waals surface area contributed by atoms with Crippen molar-refractivity contribution >= 4 is 5.71 Å². The van der Waals surface area contributed by atoms with Gasteiger partial charge in [-0.3, -0.25) is 0 Å². The summed E-state index contributed by atoms with van der Waals surface area (Å²) in [4.78, 5) is 7.84. The second-order valence-electron chi connectivity index (χ2n) is 7.78. The van der Waals surface area contributed by atoms with Crippen molar-refractivity contribution in [1.82, 2.24) is 4.90 Å². The van der Waals surface area contributed by atoms with Gasteiger partial charge in [-0.05, 0) is 44.8 Å². The van der Waals surface area contributed by atoms with Crippen LogP contribution in [0.4, 0.5) is 0 Å². The number of ether oxygens (including phenoxy) is 3.